The molecule has 0 radical (unpaired) electrons. The van der Waals surface area contributed by atoms with E-state index < -0.39 is 0 Å². The summed E-state index contributed by atoms with van der Waals surface area (Å²) in [6.07, 6.45) is 8.51. The Labute approximate surface area is 150 Å². The van der Waals surface area contributed by atoms with E-state index in [1.165, 1.54) is 45.2 Å². The summed E-state index contributed by atoms with van der Waals surface area (Å²) in [5.74, 6) is 0.780. The Morgan fingerprint density at radius 3 is 2.84 bits per heavy atom. The smallest absolute Gasteiger partial charge is 0.255 e. The summed E-state index contributed by atoms with van der Waals surface area (Å²) in [6, 6.07) is 8.86. The number of hydrogen-bond acceptors (Lipinski definition) is 2. The van der Waals surface area contributed by atoms with Crippen molar-refractivity contribution in [2.45, 2.75) is 38.1 Å². The maximum atomic E-state index is 13.1. The molecule has 2 aliphatic rings. The van der Waals surface area contributed by atoms with Crippen LogP contribution in [0.15, 0.2) is 30.5 Å². The lowest BCUT2D eigenvalue weighted by atomic mass is 9.83. The first kappa shape index (κ1) is 16.6. The number of aryl methyl sites for hydroxylation is 1. The molecule has 3 heterocycles. The van der Waals surface area contributed by atoms with Gasteiger partial charge in [-0.15, -0.1) is 0 Å². The molecule has 0 aliphatic carbocycles. The Morgan fingerprint density at radius 2 is 1.96 bits per heavy atom. The highest BCUT2D eigenvalue weighted by molar-refractivity contribution is 6.06. The number of nitrogens with zero attached hydrogens (tertiary/aromatic N) is 3. The van der Waals surface area contributed by atoms with Gasteiger partial charge in [0.25, 0.3) is 5.91 Å². The zero-order valence-electron chi connectivity index (χ0n) is 15.4. The quantitative estimate of drug-likeness (QED) is 0.856. The van der Waals surface area contributed by atoms with Gasteiger partial charge in [0.1, 0.15) is 0 Å². The van der Waals surface area contributed by atoms with Gasteiger partial charge in [-0.1, -0.05) is 24.6 Å². The van der Waals surface area contributed by atoms with Gasteiger partial charge >= 0.3 is 0 Å². The van der Waals surface area contributed by atoms with Crippen LogP contribution in [-0.4, -0.2) is 53.0 Å². The van der Waals surface area contributed by atoms with Crippen LogP contribution in [0.5, 0.6) is 0 Å². The number of piperidine rings is 2. The molecular weight excluding hydrogens is 310 g/mol. The molecule has 1 aromatic carbocycles. The zero-order valence-corrected chi connectivity index (χ0v) is 15.4. The lowest BCUT2D eigenvalue weighted by molar-refractivity contribution is 0.0403. The van der Waals surface area contributed by atoms with Gasteiger partial charge in [-0.3, -0.25) is 4.79 Å². The van der Waals surface area contributed by atoms with E-state index >= 15 is 0 Å². The van der Waals surface area contributed by atoms with E-state index in [0.717, 1.165) is 23.0 Å². The van der Waals surface area contributed by atoms with Gasteiger partial charge in [0.05, 0.1) is 5.56 Å². The minimum absolute atomic E-state index is 0.157. The fraction of sp³-hybridized carbons (Fsp3) is 0.571. The molecule has 0 spiro atoms. The first-order chi connectivity index (χ1) is 12.1. The molecule has 2 fully saturated rings. The van der Waals surface area contributed by atoms with Gasteiger partial charge in [0.2, 0.25) is 0 Å². The van der Waals surface area contributed by atoms with Crippen LogP contribution in [0.4, 0.5) is 0 Å². The van der Waals surface area contributed by atoms with E-state index in [4.69, 9.17) is 0 Å². The second-order valence-corrected chi connectivity index (χ2v) is 7.86. The van der Waals surface area contributed by atoms with Crippen LogP contribution in [0.1, 0.15) is 42.5 Å². The minimum atomic E-state index is 0.157. The predicted molar refractivity (Wildman–Crippen MR) is 102 cm³/mol. The van der Waals surface area contributed by atoms with Gasteiger partial charge < -0.3 is 14.4 Å². The van der Waals surface area contributed by atoms with Crippen LogP contribution in [-0.2, 0) is 7.05 Å². The van der Waals surface area contributed by atoms with Gasteiger partial charge in [0, 0.05) is 43.8 Å². The van der Waals surface area contributed by atoms with Crippen molar-refractivity contribution in [1.29, 1.82) is 0 Å². The van der Waals surface area contributed by atoms with Gasteiger partial charge in [-0.05, 0) is 50.8 Å². The fourth-order valence-corrected chi connectivity index (χ4v) is 4.94. The molecule has 2 saturated heterocycles. The normalized spacial score (nSPS) is 24.2. The molecule has 1 amide bonds. The number of para-hydroxylation sites is 1. The SMILES string of the molecule is CN(CC1CCCN2CCCCC12)C(=O)c1cn(C)c2ccccc12. The number of hydrogen-bond donors (Lipinski definition) is 0. The third-order valence-electron chi connectivity index (χ3n) is 6.21. The third kappa shape index (κ3) is 3.08. The molecule has 4 rings (SSSR count). The Morgan fingerprint density at radius 1 is 1.16 bits per heavy atom. The molecule has 2 aromatic rings. The van der Waals surface area contributed by atoms with Crippen molar-refractivity contribution in [3.63, 3.8) is 0 Å². The molecule has 134 valence electrons. The van der Waals surface area contributed by atoms with Crippen LogP contribution >= 0.6 is 0 Å². The topological polar surface area (TPSA) is 28.5 Å². The molecule has 25 heavy (non-hydrogen) atoms. The molecule has 4 nitrogen and oxygen atoms in total. The summed E-state index contributed by atoms with van der Waals surface area (Å²) in [4.78, 5) is 17.7. The molecule has 2 unspecified atom stereocenters. The summed E-state index contributed by atoms with van der Waals surface area (Å²) < 4.78 is 2.06. The average molecular weight is 339 g/mol. The first-order valence-corrected chi connectivity index (χ1v) is 9.68. The third-order valence-corrected chi connectivity index (χ3v) is 6.21. The second kappa shape index (κ2) is 6.83. The average Bonchev–Trinajstić information content (AvgIpc) is 2.98. The second-order valence-electron chi connectivity index (χ2n) is 7.86. The number of fused-ring (bicyclic) bond motifs is 2. The maximum Gasteiger partial charge on any atom is 0.255 e. The molecule has 4 heteroatoms. The monoisotopic (exact) mass is 339 g/mol. The predicted octanol–water partition coefficient (Wildman–Crippen LogP) is 3.51. The van der Waals surface area contributed by atoms with E-state index in [2.05, 4.69) is 21.6 Å². The first-order valence-electron chi connectivity index (χ1n) is 9.68. The van der Waals surface area contributed by atoms with Crippen molar-refractivity contribution >= 4 is 16.8 Å². The number of rotatable bonds is 3. The van der Waals surface area contributed by atoms with Crippen molar-refractivity contribution in [2.24, 2.45) is 13.0 Å². The van der Waals surface area contributed by atoms with Crippen LogP contribution in [0.2, 0.25) is 0 Å². The van der Waals surface area contributed by atoms with Gasteiger partial charge in [-0.2, -0.15) is 0 Å². The van der Waals surface area contributed by atoms with E-state index in [1.54, 1.807) is 0 Å². The highest BCUT2D eigenvalue weighted by Crippen LogP contribution is 2.31. The molecule has 0 bridgehead atoms. The molecule has 0 saturated carbocycles. The zero-order chi connectivity index (χ0) is 17.4. The molecule has 2 atom stereocenters. The molecule has 2 aliphatic heterocycles. The van der Waals surface area contributed by atoms with Crippen molar-refractivity contribution in [3.05, 3.63) is 36.0 Å². The van der Waals surface area contributed by atoms with E-state index in [1.807, 2.05) is 37.3 Å². The van der Waals surface area contributed by atoms with Gasteiger partial charge in [0.15, 0.2) is 0 Å². The van der Waals surface area contributed by atoms with Crippen molar-refractivity contribution in [3.8, 4) is 0 Å². The lowest BCUT2D eigenvalue weighted by Gasteiger charge is -2.45. The standard InChI is InChI=1S/C21H29N3O/c1-22-15-18(17-9-3-4-11-20(17)22)21(25)23(2)14-16-8-7-13-24-12-6-5-10-19(16)24/h3-4,9,11,15-16,19H,5-8,10,12-14H2,1-2H3. The van der Waals surface area contributed by atoms with Crippen molar-refractivity contribution in [1.82, 2.24) is 14.4 Å². The Balaban J connectivity index is 1.52. The Bertz CT molecular complexity index is 764. The highest BCUT2D eigenvalue weighted by atomic mass is 16.2. The molecule has 0 N–H and O–H groups in total. The number of carbonyl (C=O) groups excluding carboxylic acids is 1. The molecule has 1 aromatic heterocycles. The van der Waals surface area contributed by atoms with E-state index in [0.29, 0.717) is 12.0 Å². The van der Waals surface area contributed by atoms with Crippen LogP contribution in [0.25, 0.3) is 10.9 Å². The number of amides is 1. The summed E-state index contributed by atoms with van der Waals surface area (Å²) in [5, 5.41) is 1.06. The van der Waals surface area contributed by atoms with Gasteiger partial charge in [-0.25, -0.2) is 0 Å². The number of benzene rings is 1. The largest absolute Gasteiger partial charge is 0.350 e. The summed E-state index contributed by atoms with van der Waals surface area (Å²) in [6.45, 7) is 3.38. The number of aromatic nitrogens is 1. The van der Waals surface area contributed by atoms with Crippen molar-refractivity contribution in [2.75, 3.05) is 26.7 Å². The summed E-state index contributed by atoms with van der Waals surface area (Å²) >= 11 is 0. The summed E-state index contributed by atoms with van der Waals surface area (Å²) in [5.41, 5.74) is 1.95. The fourth-order valence-electron chi connectivity index (χ4n) is 4.94. The van der Waals surface area contributed by atoms with Crippen LogP contribution < -0.4 is 0 Å². The highest BCUT2D eigenvalue weighted by Gasteiger charge is 2.34. The number of carbonyl (C=O) groups is 1. The lowest BCUT2D eigenvalue weighted by Crippen LogP contribution is -2.51. The maximum absolute atomic E-state index is 13.1. The Hall–Kier alpha value is -1.81. The summed E-state index contributed by atoms with van der Waals surface area (Å²) in [7, 11) is 3.99. The minimum Gasteiger partial charge on any atom is -0.350 e. The van der Waals surface area contributed by atoms with E-state index in [9.17, 15) is 4.79 Å². The van der Waals surface area contributed by atoms with Crippen molar-refractivity contribution < 1.29 is 4.79 Å². The van der Waals surface area contributed by atoms with Crippen LogP contribution in [0.3, 0.4) is 0 Å². The molecular formula is C21H29N3O. The van der Waals surface area contributed by atoms with E-state index in [-0.39, 0.29) is 5.91 Å². The Kier molecular flexibility index (Phi) is 4.55. The van der Waals surface area contributed by atoms with Crippen LogP contribution in [0, 0.1) is 5.92 Å².